The summed E-state index contributed by atoms with van der Waals surface area (Å²) >= 11 is 0. The Labute approximate surface area is 96.3 Å². The Morgan fingerprint density at radius 1 is 1.50 bits per heavy atom. The molecule has 4 heteroatoms. The van der Waals surface area contributed by atoms with Crippen molar-refractivity contribution >= 4 is 11.7 Å². The Hall–Kier alpha value is -1.58. The number of nitrogens with zero attached hydrogens (tertiary/aromatic N) is 1. The number of amides is 1. The molecule has 0 aliphatic carbocycles. The molecule has 0 aliphatic rings. The number of rotatable bonds is 4. The highest BCUT2D eigenvalue weighted by Gasteiger charge is 2.11. The van der Waals surface area contributed by atoms with Crippen molar-refractivity contribution in [3.05, 3.63) is 23.9 Å². The Bertz CT molecular complexity index is 369. The van der Waals surface area contributed by atoms with Crippen molar-refractivity contribution in [3.63, 3.8) is 0 Å². The average molecular weight is 221 g/mol. The number of anilines is 1. The highest BCUT2D eigenvalue weighted by molar-refractivity contribution is 5.97. The van der Waals surface area contributed by atoms with E-state index in [0.717, 1.165) is 13.0 Å². The Kier molecular flexibility index (Phi) is 3.88. The maximum absolute atomic E-state index is 11.1. The summed E-state index contributed by atoms with van der Waals surface area (Å²) in [5.41, 5.74) is 5.95. The van der Waals surface area contributed by atoms with Crippen molar-refractivity contribution in [1.82, 2.24) is 4.98 Å². The van der Waals surface area contributed by atoms with Crippen LogP contribution < -0.4 is 11.1 Å². The molecule has 4 nitrogen and oxygen atoms in total. The highest BCUT2D eigenvalue weighted by Crippen LogP contribution is 2.19. The summed E-state index contributed by atoms with van der Waals surface area (Å²) in [6.07, 6.45) is 2.65. The molecule has 0 radical (unpaired) electrons. The van der Waals surface area contributed by atoms with Gasteiger partial charge in [0.2, 0.25) is 0 Å². The van der Waals surface area contributed by atoms with Crippen LogP contribution in [0.4, 0.5) is 5.82 Å². The predicted molar refractivity (Wildman–Crippen MR) is 65.3 cm³/mol. The number of carbonyl (C=O) groups excluding carboxylic acids is 1. The van der Waals surface area contributed by atoms with E-state index < -0.39 is 5.91 Å². The lowest BCUT2D eigenvalue weighted by atomic mass is 9.92. The van der Waals surface area contributed by atoms with Gasteiger partial charge in [0.1, 0.15) is 5.82 Å². The number of aromatic nitrogens is 1. The second kappa shape index (κ2) is 4.96. The fourth-order valence-electron chi connectivity index (χ4n) is 1.30. The number of nitrogens with two attached hydrogens (primary N) is 1. The second-order valence-corrected chi connectivity index (χ2v) is 5.00. The van der Waals surface area contributed by atoms with Gasteiger partial charge in [0.15, 0.2) is 0 Å². The van der Waals surface area contributed by atoms with Crippen LogP contribution in [0.5, 0.6) is 0 Å². The molecule has 0 saturated carbocycles. The van der Waals surface area contributed by atoms with E-state index in [1.807, 2.05) is 0 Å². The summed E-state index contributed by atoms with van der Waals surface area (Å²) in [7, 11) is 0. The SMILES string of the molecule is CC(C)(C)CCNc1ncccc1C(N)=O. The summed E-state index contributed by atoms with van der Waals surface area (Å²) in [5.74, 6) is 0.116. The van der Waals surface area contributed by atoms with Gasteiger partial charge in [-0.3, -0.25) is 4.79 Å². The first-order valence-corrected chi connectivity index (χ1v) is 5.39. The number of carbonyl (C=O) groups is 1. The lowest BCUT2D eigenvalue weighted by Gasteiger charge is -2.18. The fourth-order valence-corrected chi connectivity index (χ4v) is 1.30. The van der Waals surface area contributed by atoms with E-state index in [1.54, 1.807) is 18.3 Å². The third-order valence-electron chi connectivity index (χ3n) is 2.24. The van der Waals surface area contributed by atoms with Gasteiger partial charge in [-0.15, -0.1) is 0 Å². The van der Waals surface area contributed by atoms with Gasteiger partial charge < -0.3 is 11.1 Å². The van der Waals surface area contributed by atoms with Gasteiger partial charge in [0.25, 0.3) is 5.91 Å². The van der Waals surface area contributed by atoms with Crippen molar-refractivity contribution < 1.29 is 4.79 Å². The van der Waals surface area contributed by atoms with Crippen LogP contribution in [-0.4, -0.2) is 17.4 Å². The van der Waals surface area contributed by atoms with Gasteiger partial charge in [-0.2, -0.15) is 0 Å². The molecule has 0 bridgehead atoms. The molecule has 0 aliphatic heterocycles. The van der Waals surface area contributed by atoms with Crippen LogP contribution >= 0.6 is 0 Å². The minimum Gasteiger partial charge on any atom is -0.369 e. The number of hydrogen-bond donors (Lipinski definition) is 2. The van der Waals surface area contributed by atoms with Crippen LogP contribution in [-0.2, 0) is 0 Å². The topological polar surface area (TPSA) is 68.0 Å². The van der Waals surface area contributed by atoms with E-state index in [4.69, 9.17) is 5.73 Å². The van der Waals surface area contributed by atoms with E-state index in [2.05, 4.69) is 31.1 Å². The van der Waals surface area contributed by atoms with Gasteiger partial charge >= 0.3 is 0 Å². The predicted octanol–water partition coefficient (Wildman–Crippen LogP) is 2.03. The lowest BCUT2D eigenvalue weighted by Crippen LogP contribution is -2.18. The molecule has 0 spiro atoms. The van der Waals surface area contributed by atoms with Crippen LogP contribution in [0.3, 0.4) is 0 Å². The summed E-state index contributed by atoms with van der Waals surface area (Å²) in [6.45, 7) is 7.28. The van der Waals surface area contributed by atoms with E-state index in [-0.39, 0.29) is 5.41 Å². The van der Waals surface area contributed by atoms with Gasteiger partial charge in [0.05, 0.1) is 5.56 Å². The highest BCUT2D eigenvalue weighted by atomic mass is 16.1. The molecule has 16 heavy (non-hydrogen) atoms. The molecule has 0 unspecified atom stereocenters. The van der Waals surface area contributed by atoms with E-state index in [1.165, 1.54) is 0 Å². The van der Waals surface area contributed by atoms with Crippen LogP contribution in [0.15, 0.2) is 18.3 Å². The fraction of sp³-hybridized carbons (Fsp3) is 0.500. The standard InChI is InChI=1S/C12H19N3O/c1-12(2,3)6-8-15-11-9(10(13)16)5-4-7-14-11/h4-5,7H,6,8H2,1-3H3,(H2,13,16)(H,14,15). The van der Waals surface area contributed by atoms with Crippen LogP contribution in [0.1, 0.15) is 37.6 Å². The molecule has 3 N–H and O–H groups in total. The Morgan fingerprint density at radius 3 is 2.75 bits per heavy atom. The largest absolute Gasteiger partial charge is 0.369 e. The van der Waals surface area contributed by atoms with Crippen molar-refractivity contribution in [3.8, 4) is 0 Å². The summed E-state index contributed by atoms with van der Waals surface area (Å²) < 4.78 is 0. The Balaban J connectivity index is 2.64. The molecular weight excluding hydrogens is 202 g/mol. The van der Waals surface area contributed by atoms with Crippen molar-refractivity contribution in [2.45, 2.75) is 27.2 Å². The molecule has 1 heterocycles. The Morgan fingerprint density at radius 2 is 2.19 bits per heavy atom. The number of nitrogens with one attached hydrogen (secondary N) is 1. The zero-order chi connectivity index (χ0) is 12.2. The molecule has 0 saturated heterocycles. The molecule has 0 fully saturated rings. The minimum atomic E-state index is -0.452. The summed E-state index contributed by atoms with van der Waals surface area (Å²) in [5, 5.41) is 3.14. The molecule has 1 rings (SSSR count). The first kappa shape index (κ1) is 12.5. The van der Waals surface area contributed by atoms with Crippen LogP contribution in [0, 0.1) is 5.41 Å². The molecule has 1 aromatic rings. The molecule has 0 aromatic carbocycles. The second-order valence-electron chi connectivity index (χ2n) is 5.00. The van der Waals surface area contributed by atoms with Crippen molar-refractivity contribution in [1.29, 1.82) is 0 Å². The van der Waals surface area contributed by atoms with Gasteiger partial charge in [-0.05, 0) is 24.0 Å². The van der Waals surface area contributed by atoms with Gasteiger partial charge in [-0.1, -0.05) is 20.8 Å². The minimum absolute atomic E-state index is 0.259. The zero-order valence-corrected chi connectivity index (χ0v) is 10.1. The summed E-state index contributed by atoms with van der Waals surface area (Å²) in [6, 6.07) is 3.38. The van der Waals surface area contributed by atoms with Crippen molar-refractivity contribution in [2.24, 2.45) is 11.1 Å². The first-order chi connectivity index (χ1) is 7.40. The number of hydrogen-bond acceptors (Lipinski definition) is 3. The molecule has 1 amide bonds. The van der Waals surface area contributed by atoms with Crippen LogP contribution in [0.2, 0.25) is 0 Å². The third-order valence-corrected chi connectivity index (χ3v) is 2.24. The zero-order valence-electron chi connectivity index (χ0n) is 10.1. The van der Waals surface area contributed by atoms with Crippen LogP contribution in [0.25, 0.3) is 0 Å². The lowest BCUT2D eigenvalue weighted by molar-refractivity contribution is 0.100. The molecular formula is C12H19N3O. The van der Waals surface area contributed by atoms with E-state index in [9.17, 15) is 4.79 Å². The maximum Gasteiger partial charge on any atom is 0.252 e. The number of pyridine rings is 1. The van der Waals surface area contributed by atoms with Gasteiger partial charge in [0, 0.05) is 12.7 Å². The van der Waals surface area contributed by atoms with E-state index in [0.29, 0.717) is 11.4 Å². The molecule has 88 valence electrons. The maximum atomic E-state index is 11.1. The smallest absolute Gasteiger partial charge is 0.252 e. The summed E-state index contributed by atoms with van der Waals surface area (Å²) in [4.78, 5) is 15.2. The quantitative estimate of drug-likeness (QED) is 0.817. The normalized spacial score (nSPS) is 11.2. The molecule has 1 aromatic heterocycles. The van der Waals surface area contributed by atoms with E-state index >= 15 is 0 Å². The average Bonchev–Trinajstić information content (AvgIpc) is 2.16. The van der Waals surface area contributed by atoms with Gasteiger partial charge in [-0.25, -0.2) is 4.98 Å². The first-order valence-electron chi connectivity index (χ1n) is 5.39. The molecule has 0 atom stereocenters. The third kappa shape index (κ3) is 3.88. The monoisotopic (exact) mass is 221 g/mol. The number of primary amides is 1. The van der Waals surface area contributed by atoms with Crippen molar-refractivity contribution in [2.75, 3.05) is 11.9 Å².